The molecule has 1 N–H and O–H groups in total. The van der Waals surface area contributed by atoms with Crippen LogP contribution in [0.3, 0.4) is 0 Å². The second-order valence-electron chi connectivity index (χ2n) is 8.60. The second kappa shape index (κ2) is 7.23. The van der Waals surface area contributed by atoms with Crippen molar-refractivity contribution in [2.75, 3.05) is 0 Å². The molecule has 22 heavy (non-hydrogen) atoms. The van der Waals surface area contributed by atoms with Gasteiger partial charge >= 0.3 is 0 Å². The van der Waals surface area contributed by atoms with E-state index in [1.165, 1.54) is 23.4 Å². The van der Waals surface area contributed by atoms with Crippen LogP contribution in [-0.4, -0.2) is 4.98 Å². The predicted octanol–water partition coefficient (Wildman–Crippen LogP) is 7.02. The zero-order valence-corrected chi connectivity index (χ0v) is 17.4. The van der Waals surface area contributed by atoms with E-state index in [0.717, 1.165) is 6.42 Å². The molecule has 1 heteroatoms. The largest absolute Gasteiger partial charge is 0.361 e. The minimum Gasteiger partial charge on any atom is -0.361 e. The average molecular weight is 308 g/mol. The van der Waals surface area contributed by atoms with Gasteiger partial charge in [0, 0.05) is 22.2 Å². The third-order valence-electron chi connectivity index (χ3n) is 5.12. The molecule has 0 atom stereocenters. The van der Waals surface area contributed by atoms with E-state index in [1.807, 2.05) is 13.8 Å². The van der Waals surface area contributed by atoms with E-state index in [9.17, 15) is 0 Å². The fraction of sp³-hybridized carbons (Fsp3) is 0.810. The van der Waals surface area contributed by atoms with Crippen LogP contribution in [0.4, 0.5) is 0 Å². The lowest BCUT2D eigenvalue weighted by Gasteiger charge is -2.31. The zero-order valence-electron chi connectivity index (χ0n) is 17.4. The summed E-state index contributed by atoms with van der Waals surface area (Å²) in [7, 11) is 0. The molecule has 1 aromatic heterocycles. The Hall–Kier alpha value is -0.720. The Morgan fingerprint density at radius 3 is 1.45 bits per heavy atom. The lowest BCUT2D eigenvalue weighted by Crippen LogP contribution is -2.25. The van der Waals surface area contributed by atoms with E-state index in [-0.39, 0.29) is 16.2 Å². The molecule has 0 unspecified atom stereocenters. The molecule has 0 saturated heterocycles. The number of nitrogens with one attached hydrogen (secondary N) is 1. The van der Waals surface area contributed by atoms with Gasteiger partial charge in [-0.25, -0.2) is 0 Å². The Bertz CT molecular complexity index is 467. The van der Waals surface area contributed by atoms with E-state index in [1.54, 1.807) is 5.56 Å². The highest BCUT2D eigenvalue weighted by molar-refractivity contribution is 5.46. The van der Waals surface area contributed by atoms with Gasteiger partial charge in [0.2, 0.25) is 0 Å². The first-order valence-corrected chi connectivity index (χ1v) is 9.12. The summed E-state index contributed by atoms with van der Waals surface area (Å²) in [5, 5.41) is 0. The van der Waals surface area contributed by atoms with Gasteiger partial charge in [0.1, 0.15) is 0 Å². The molecule has 0 aromatic carbocycles. The van der Waals surface area contributed by atoms with Crippen molar-refractivity contribution in [1.29, 1.82) is 0 Å². The summed E-state index contributed by atoms with van der Waals surface area (Å²) >= 11 is 0. The van der Waals surface area contributed by atoms with Crippen molar-refractivity contribution < 1.29 is 0 Å². The summed E-state index contributed by atoms with van der Waals surface area (Å²) in [6.07, 6.45) is 2.32. The molecule has 0 fully saturated rings. The van der Waals surface area contributed by atoms with Crippen LogP contribution in [0.1, 0.15) is 112 Å². The summed E-state index contributed by atoms with van der Waals surface area (Å²) < 4.78 is 0. The van der Waals surface area contributed by atoms with Crippen LogP contribution < -0.4 is 0 Å². The fourth-order valence-electron chi connectivity index (χ4n) is 3.05. The average Bonchev–Trinajstić information content (AvgIpc) is 2.80. The van der Waals surface area contributed by atoms with E-state index < -0.39 is 0 Å². The van der Waals surface area contributed by atoms with Gasteiger partial charge in [-0.3, -0.25) is 0 Å². The molecular weight excluding hydrogens is 266 g/mol. The maximum atomic E-state index is 3.82. The first-order chi connectivity index (χ1) is 9.88. The fourth-order valence-corrected chi connectivity index (χ4v) is 3.05. The first kappa shape index (κ1) is 21.3. The SMILES string of the molecule is CC.CCC(C)(C)c1[nH]c(C(C)(C)C)c(C)c1C(C)(C)CC. The molecule has 0 aliphatic carbocycles. The van der Waals surface area contributed by atoms with E-state index >= 15 is 0 Å². The van der Waals surface area contributed by atoms with Crippen LogP contribution >= 0.6 is 0 Å². The van der Waals surface area contributed by atoms with Crippen molar-refractivity contribution in [2.45, 2.75) is 112 Å². The molecule has 0 saturated carbocycles. The van der Waals surface area contributed by atoms with Crippen LogP contribution in [0.25, 0.3) is 0 Å². The summed E-state index contributed by atoms with van der Waals surface area (Å²) in [5.74, 6) is 0. The van der Waals surface area contributed by atoms with E-state index in [2.05, 4.69) is 74.2 Å². The highest BCUT2D eigenvalue weighted by Gasteiger charge is 2.35. The van der Waals surface area contributed by atoms with Gasteiger partial charge in [0.05, 0.1) is 0 Å². The van der Waals surface area contributed by atoms with E-state index in [0.29, 0.717) is 0 Å². The number of aromatic amines is 1. The van der Waals surface area contributed by atoms with Crippen LogP contribution in [-0.2, 0) is 16.2 Å². The Kier molecular flexibility index (Phi) is 7.00. The number of hydrogen-bond donors (Lipinski definition) is 1. The third kappa shape index (κ3) is 4.18. The van der Waals surface area contributed by atoms with Gasteiger partial charge in [-0.05, 0) is 36.3 Å². The molecule has 0 bridgehead atoms. The summed E-state index contributed by atoms with van der Waals surface area (Å²) in [6.45, 7) is 27.3. The van der Waals surface area contributed by atoms with Gasteiger partial charge in [0.25, 0.3) is 0 Å². The summed E-state index contributed by atoms with van der Waals surface area (Å²) in [6, 6.07) is 0. The molecule has 0 amide bonds. The third-order valence-corrected chi connectivity index (χ3v) is 5.12. The van der Waals surface area contributed by atoms with Crippen molar-refractivity contribution in [3.05, 3.63) is 22.5 Å². The molecule has 0 aliphatic heterocycles. The molecule has 1 heterocycles. The second-order valence-corrected chi connectivity index (χ2v) is 8.60. The normalized spacial score (nSPS) is 12.9. The van der Waals surface area contributed by atoms with E-state index in [4.69, 9.17) is 0 Å². The van der Waals surface area contributed by atoms with Gasteiger partial charge < -0.3 is 4.98 Å². The molecule has 0 spiro atoms. The summed E-state index contributed by atoms with van der Waals surface area (Å²) in [4.78, 5) is 3.82. The number of H-pyrrole nitrogens is 1. The standard InChI is InChI=1S/C19H35N.C2H6/c1-11-18(7,8)14-13(3)15(17(4,5)6)20-16(14)19(9,10)12-2;1-2/h20H,11-12H2,1-10H3;1-2H3. The molecule has 130 valence electrons. The van der Waals surface area contributed by atoms with Crippen molar-refractivity contribution in [1.82, 2.24) is 4.98 Å². The van der Waals surface area contributed by atoms with Crippen LogP contribution in [0.15, 0.2) is 0 Å². The smallest absolute Gasteiger partial charge is 0.0247 e. The van der Waals surface area contributed by atoms with Gasteiger partial charge in [0.15, 0.2) is 0 Å². The molecular formula is C21H41N. The highest BCUT2D eigenvalue weighted by Crippen LogP contribution is 2.42. The van der Waals surface area contributed by atoms with Crippen molar-refractivity contribution >= 4 is 0 Å². The van der Waals surface area contributed by atoms with Crippen LogP contribution in [0.5, 0.6) is 0 Å². The minimum absolute atomic E-state index is 0.171. The maximum absolute atomic E-state index is 3.82. The van der Waals surface area contributed by atoms with Crippen molar-refractivity contribution in [3.8, 4) is 0 Å². The molecule has 1 aromatic rings. The number of hydrogen-bond acceptors (Lipinski definition) is 0. The monoisotopic (exact) mass is 307 g/mol. The first-order valence-electron chi connectivity index (χ1n) is 9.12. The maximum Gasteiger partial charge on any atom is 0.0247 e. The predicted molar refractivity (Wildman–Crippen MR) is 102 cm³/mol. The lowest BCUT2D eigenvalue weighted by molar-refractivity contribution is 0.446. The highest BCUT2D eigenvalue weighted by atomic mass is 14.8. The zero-order chi connectivity index (χ0) is 17.9. The van der Waals surface area contributed by atoms with Crippen LogP contribution in [0, 0.1) is 6.92 Å². The summed E-state index contributed by atoms with van der Waals surface area (Å²) in [5.41, 5.74) is 6.49. The number of aromatic nitrogens is 1. The number of rotatable bonds is 4. The molecule has 1 nitrogen and oxygen atoms in total. The minimum atomic E-state index is 0.171. The van der Waals surface area contributed by atoms with Gasteiger partial charge in [-0.1, -0.05) is 76.2 Å². The van der Waals surface area contributed by atoms with Gasteiger partial charge in [-0.15, -0.1) is 0 Å². The Morgan fingerprint density at radius 2 is 1.14 bits per heavy atom. The Balaban J connectivity index is 0.00000211. The molecule has 0 aliphatic rings. The Labute approximate surface area is 140 Å². The topological polar surface area (TPSA) is 15.8 Å². The van der Waals surface area contributed by atoms with Crippen molar-refractivity contribution in [3.63, 3.8) is 0 Å². The van der Waals surface area contributed by atoms with Crippen LogP contribution in [0.2, 0.25) is 0 Å². The molecule has 0 radical (unpaired) electrons. The van der Waals surface area contributed by atoms with Crippen molar-refractivity contribution in [2.24, 2.45) is 0 Å². The molecule has 1 rings (SSSR count). The van der Waals surface area contributed by atoms with Gasteiger partial charge in [-0.2, -0.15) is 0 Å². The lowest BCUT2D eigenvalue weighted by atomic mass is 9.73. The quantitative estimate of drug-likeness (QED) is 0.615. The Morgan fingerprint density at radius 1 is 0.727 bits per heavy atom.